The number of alkyl halides is 3. The Hall–Kier alpha value is -2.05. The highest BCUT2D eigenvalue weighted by atomic mass is 19.4. The minimum Gasteiger partial charge on any atom is -0.349 e. The fraction of sp³-hybridized carbons (Fsp3) is 0.385. The van der Waals surface area contributed by atoms with E-state index in [-0.39, 0.29) is 17.9 Å². The average Bonchev–Trinajstić information content (AvgIpc) is 2.64. The van der Waals surface area contributed by atoms with Gasteiger partial charge in [-0.2, -0.15) is 13.2 Å². The van der Waals surface area contributed by atoms with E-state index >= 15 is 0 Å². The summed E-state index contributed by atoms with van der Waals surface area (Å²) >= 11 is 0. The second-order valence-corrected chi connectivity index (χ2v) is 4.79. The Labute approximate surface area is 113 Å². The number of benzene rings is 1. The van der Waals surface area contributed by atoms with E-state index in [0.717, 1.165) is 0 Å². The molecule has 1 atom stereocenters. The first-order chi connectivity index (χ1) is 9.24. The van der Waals surface area contributed by atoms with Gasteiger partial charge in [0, 0.05) is 17.3 Å². The van der Waals surface area contributed by atoms with Gasteiger partial charge in [-0.15, -0.1) is 0 Å². The van der Waals surface area contributed by atoms with Gasteiger partial charge in [-0.25, -0.2) is 0 Å². The minimum absolute atomic E-state index is 0.164. The molecular weight excluding hydrogens is 273 g/mol. The zero-order valence-corrected chi connectivity index (χ0v) is 10.7. The van der Waals surface area contributed by atoms with Crippen LogP contribution in [-0.2, 0) is 11.2 Å². The third kappa shape index (κ3) is 3.49. The van der Waals surface area contributed by atoms with Crippen LogP contribution in [0.15, 0.2) is 18.2 Å². The Bertz CT molecular complexity index is 555. The first-order valence-corrected chi connectivity index (χ1v) is 6.05. The van der Waals surface area contributed by atoms with Crippen LogP contribution in [0.1, 0.15) is 29.3 Å². The number of hydrogen-bond acceptors (Lipinski definition) is 2. The largest absolute Gasteiger partial charge is 0.391 e. The number of amides is 2. The second kappa shape index (κ2) is 5.15. The molecule has 2 N–H and O–H groups in total. The Morgan fingerprint density at radius 3 is 2.80 bits per heavy atom. The molecule has 1 unspecified atom stereocenters. The molecule has 4 nitrogen and oxygen atoms in total. The SMILES string of the molecule is CC(CC(F)(F)F)NC(=O)c1ccc2c(c1)CC(=O)N2. The van der Waals surface area contributed by atoms with Crippen LogP contribution in [-0.4, -0.2) is 24.0 Å². The molecule has 1 aromatic carbocycles. The number of carbonyl (C=O) groups is 2. The summed E-state index contributed by atoms with van der Waals surface area (Å²) < 4.78 is 36.6. The lowest BCUT2D eigenvalue weighted by Crippen LogP contribution is -2.35. The number of fused-ring (bicyclic) bond motifs is 1. The van der Waals surface area contributed by atoms with Crippen molar-refractivity contribution in [1.82, 2.24) is 5.32 Å². The minimum atomic E-state index is -4.32. The van der Waals surface area contributed by atoms with Gasteiger partial charge in [-0.3, -0.25) is 9.59 Å². The number of nitrogens with one attached hydrogen (secondary N) is 2. The zero-order valence-electron chi connectivity index (χ0n) is 10.7. The van der Waals surface area contributed by atoms with E-state index in [1.54, 1.807) is 6.07 Å². The molecule has 0 aliphatic carbocycles. The molecular formula is C13H13F3N2O2. The molecule has 2 rings (SSSR count). The van der Waals surface area contributed by atoms with E-state index in [4.69, 9.17) is 0 Å². The highest BCUT2D eigenvalue weighted by Gasteiger charge is 2.30. The van der Waals surface area contributed by atoms with Gasteiger partial charge in [0.1, 0.15) is 0 Å². The number of anilines is 1. The summed E-state index contributed by atoms with van der Waals surface area (Å²) in [5.41, 5.74) is 1.55. The third-order valence-electron chi connectivity index (χ3n) is 2.91. The molecule has 1 heterocycles. The maximum atomic E-state index is 12.2. The lowest BCUT2D eigenvalue weighted by Gasteiger charge is -2.16. The van der Waals surface area contributed by atoms with E-state index in [9.17, 15) is 22.8 Å². The van der Waals surface area contributed by atoms with E-state index in [1.807, 2.05) is 0 Å². The smallest absolute Gasteiger partial charge is 0.349 e. The Morgan fingerprint density at radius 2 is 2.15 bits per heavy atom. The fourth-order valence-electron chi connectivity index (χ4n) is 2.08. The molecule has 7 heteroatoms. The number of rotatable bonds is 3. The van der Waals surface area contributed by atoms with Crippen molar-refractivity contribution < 1.29 is 22.8 Å². The molecule has 0 saturated carbocycles. The third-order valence-corrected chi connectivity index (χ3v) is 2.91. The highest BCUT2D eigenvalue weighted by Crippen LogP contribution is 2.24. The summed E-state index contributed by atoms with van der Waals surface area (Å²) in [5.74, 6) is -0.744. The highest BCUT2D eigenvalue weighted by molar-refractivity contribution is 6.01. The topological polar surface area (TPSA) is 58.2 Å². The molecule has 1 aliphatic heterocycles. The van der Waals surface area contributed by atoms with Crippen molar-refractivity contribution in [3.05, 3.63) is 29.3 Å². The van der Waals surface area contributed by atoms with Crippen molar-refractivity contribution in [2.45, 2.75) is 32.0 Å². The molecule has 0 fully saturated rings. The van der Waals surface area contributed by atoms with Gasteiger partial charge >= 0.3 is 6.18 Å². The first-order valence-electron chi connectivity index (χ1n) is 6.05. The van der Waals surface area contributed by atoms with Crippen molar-refractivity contribution in [1.29, 1.82) is 0 Å². The maximum absolute atomic E-state index is 12.2. The Kier molecular flexibility index (Phi) is 3.69. The number of carbonyl (C=O) groups excluding carboxylic acids is 2. The van der Waals surface area contributed by atoms with E-state index < -0.39 is 24.5 Å². The van der Waals surface area contributed by atoms with Crippen LogP contribution >= 0.6 is 0 Å². The fourth-order valence-corrected chi connectivity index (χ4v) is 2.08. The molecule has 0 spiro atoms. The molecule has 1 aromatic rings. The van der Waals surface area contributed by atoms with Gasteiger partial charge in [0.2, 0.25) is 5.91 Å². The van der Waals surface area contributed by atoms with Crippen LogP contribution in [0.3, 0.4) is 0 Å². The van der Waals surface area contributed by atoms with Crippen LogP contribution in [0.2, 0.25) is 0 Å². The molecule has 108 valence electrons. The first kappa shape index (κ1) is 14.4. The standard InChI is InChI=1S/C13H13F3N2O2/c1-7(6-13(14,15)16)17-12(20)8-2-3-10-9(4-8)5-11(19)18-10/h2-4,7H,5-6H2,1H3,(H,17,20)(H,18,19). The monoisotopic (exact) mass is 286 g/mol. The van der Waals surface area contributed by atoms with Gasteiger partial charge in [-0.05, 0) is 30.7 Å². The summed E-state index contributed by atoms with van der Waals surface area (Å²) in [6.45, 7) is 1.30. The lowest BCUT2D eigenvalue weighted by molar-refractivity contribution is -0.138. The molecule has 0 bridgehead atoms. The number of halogens is 3. The van der Waals surface area contributed by atoms with Crippen molar-refractivity contribution in [3.63, 3.8) is 0 Å². The van der Waals surface area contributed by atoms with Crippen LogP contribution in [0.4, 0.5) is 18.9 Å². The van der Waals surface area contributed by atoms with Gasteiger partial charge < -0.3 is 10.6 Å². The van der Waals surface area contributed by atoms with E-state index in [1.165, 1.54) is 19.1 Å². The Balaban J connectivity index is 2.04. The summed E-state index contributed by atoms with van der Waals surface area (Å²) in [4.78, 5) is 23.0. The number of hydrogen-bond donors (Lipinski definition) is 2. The van der Waals surface area contributed by atoms with Crippen LogP contribution in [0, 0.1) is 0 Å². The predicted molar refractivity (Wildman–Crippen MR) is 66.4 cm³/mol. The lowest BCUT2D eigenvalue weighted by atomic mass is 10.1. The molecule has 2 amide bonds. The molecule has 0 saturated heterocycles. The summed E-state index contributed by atoms with van der Waals surface area (Å²) in [6.07, 6.45) is -5.22. The van der Waals surface area contributed by atoms with Gasteiger partial charge in [0.15, 0.2) is 0 Å². The predicted octanol–water partition coefficient (Wildman–Crippen LogP) is 2.25. The summed E-state index contributed by atoms with van der Waals surface area (Å²) in [5, 5.41) is 4.91. The molecule has 20 heavy (non-hydrogen) atoms. The van der Waals surface area contributed by atoms with E-state index in [2.05, 4.69) is 10.6 Å². The normalized spacial score (nSPS) is 15.5. The van der Waals surface area contributed by atoms with Crippen molar-refractivity contribution in [2.75, 3.05) is 5.32 Å². The molecule has 1 aliphatic rings. The van der Waals surface area contributed by atoms with Crippen molar-refractivity contribution in [3.8, 4) is 0 Å². The van der Waals surface area contributed by atoms with Gasteiger partial charge in [-0.1, -0.05) is 0 Å². The maximum Gasteiger partial charge on any atom is 0.391 e. The van der Waals surface area contributed by atoms with Gasteiger partial charge in [0.05, 0.1) is 12.8 Å². The molecule has 0 aromatic heterocycles. The van der Waals surface area contributed by atoms with Crippen LogP contribution < -0.4 is 10.6 Å². The average molecular weight is 286 g/mol. The van der Waals surface area contributed by atoms with Gasteiger partial charge in [0.25, 0.3) is 5.91 Å². The summed E-state index contributed by atoms with van der Waals surface area (Å²) in [6, 6.07) is 3.56. The molecule has 0 radical (unpaired) electrons. The van der Waals surface area contributed by atoms with E-state index in [0.29, 0.717) is 11.3 Å². The van der Waals surface area contributed by atoms with Crippen LogP contribution in [0.25, 0.3) is 0 Å². The summed E-state index contributed by atoms with van der Waals surface area (Å²) in [7, 11) is 0. The second-order valence-electron chi connectivity index (χ2n) is 4.79. The van der Waals surface area contributed by atoms with Crippen molar-refractivity contribution >= 4 is 17.5 Å². The Morgan fingerprint density at radius 1 is 1.45 bits per heavy atom. The van der Waals surface area contributed by atoms with Crippen molar-refractivity contribution in [2.24, 2.45) is 0 Å². The quantitative estimate of drug-likeness (QED) is 0.895. The van der Waals surface area contributed by atoms with Crippen LogP contribution in [0.5, 0.6) is 0 Å². The zero-order chi connectivity index (χ0) is 14.9.